The van der Waals surface area contributed by atoms with Crippen LogP contribution in [0.4, 0.5) is 0 Å². The lowest BCUT2D eigenvalue weighted by Crippen LogP contribution is -1.92. The minimum Gasteiger partial charge on any atom is -0.507 e. The zero-order chi connectivity index (χ0) is 10.6. The smallest absolute Gasteiger partial charge is 0.122 e. The molecule has 14 heavy (non-hydrogen) atoms. The molecule has 0 saturated carbocycles. The number of phenolic OH excluding ortho intramolecular Hbond substituents is 1. The highest BCUT2D eigenvalue weighted by molar-refractivity contribution is 7.98. The van der Waals surface area contributed by atoms with Crippen molar-refractivity contribution in [3.63, 3.8) is 0 Å². The lowest BCUT2D eigenvalue weighted by atomic mass is 10.1. The van der Waals surface area contributed by atoms with E-state index in [-0.39, 0.29) is 0 Å². The lowest BCUT2D eigenvalue weighted by Gasteiger charge is -2.07. The van der Waals surface area contributed by atoms with E-state index in [9.17, 15) is 5.11 Å². The highest BCUT2D eigenvalue weighted by Crippen LogP contribution is 2.26. The van der Waals surface area contributed by atoms with Crippen molar-refractivity contribution in [1.82, 2.24) is 0 Å². The van der Waals surface area contributed by atoms with Crippen LogP contribution in [0, 0.1) is 12.8 Å². The van der Waals surface area contributed by atoms with Gasteiger partial charge in [0.25, 0.3) is 0 Å². The average molecular weight is 210 g/mol. The second-order valence-electron chi connectivity index (χ2n) is 3.99. The normalized spacial score (nSPS) is 10.9. The van der Waals surface area contributed by atoms with Gasteiger partial charge in [0.15, 0.2) is 0 Å². The molecule has 0 bridgehead atoms. The predicted octanol–water partition coefficient (Wildman–Crippen LogP) is 3.59. The molecule has 0 aliphatic carbocycles. The van der Waals surface area contributed by atoms with Gasteiger partial charge in [-0.15, -0.1) is 0 Å². The molecule has 0 amide bonds. The van der Waals surface area contributed by atoms with Gasteiger partial charge in [0.05, 0.1) is 0 Å². The Morgan fingerprint density at radius 2 is 2.07 bits per heavy atom. The number of aryl methyl sites for hydroxylation is 1. The largest absolute Gasteiger partial charge is 0.507 e. The van der Waals surface area contributed by atoms with Gasteiger partial charge in [-0.1, -0.05) is 32.0 Å². The topological polar surface area (TPSA) is 20.2 Å². The molecule has 1 aromatic carbocycles. The van der Waals surface area contributed by atoms with Gasteiger partial charge in [-0.25, -0.2) is 0 Å². The molecule has 0 aromatic heterocycles. The van der Waals surface area contributed by atoms with E-state index in [2.05, 4.69) is 13.8 Å². The lowest BCUT2D eigenvalue weighted by molar-refractivity contribution is 0.466. The molecule has 1 aromatic rings. The fourth-order valence-electron chi connectivity index (χ4n) is 1.24. The summed E-state index contributed by atoms with van der Waals surface area (Å²) in [6.45, 7) is 6.36. The van der Waals surface area contributed by atoms with Crippen LogP contribution in [-0.2, 0) is 5.75 Å². The second kappa shape index (κ2) is 5.30. The summed E-state index contributed by atoms with van der Waals surface area (Å²) in [7, 11) is 0. The van der Waals surface area contributed by atoms with E-state index in [0.29, 0.717) is 11.7 Å². The number of hydrogen-bond donors (Lipinski definition) is 1. The maximum atomic E-state index is 9.75. The van der Waals surface area contributed by atoms with Gasteiger partial charge in [0.2, 0.25) is 0 Å². The van der Waals surface area contributed by atoms with Crippen LogP contribution in [-0.4, -0.2) is 10.9 Å². The van der Waals surface area contributed by atoms with Gasteiger partial charge in [-0.05, 0) is 24.2 Å². The van der Waals surface area contributed by atoms with Crippen molar-refractivity contribution in [1.29, 1.82) is 0 Å². The zero-order valence-corrected chi connectivity index (χ0v) is 9.90. The Kier molecular flexibility index (Phi) is 4.33. The van der Waals surface area contributed by atoms with Gasteiger partial charge in [0, 0.05) is 11.3 Å². The van der Waals surface area contributed by atoms with Crippen molar-refractivity contribution in [2.24, 2.45) is 5.92 Å². The Morgan fingerprint density at radius 1 is 1.36 bits per heavy atom. The van der Waals surface area contributed by atoms with Crippen LogP contribution in [0.15, 0.2) is 18.2 Å². The predicted molar refractivity (Wildman–Crippen MR) is 63.8 cm³/mol. The minimum atomic E-state index is 0.462. The molecule has 0 unspecified atom stereocenters. The second-order valence-corrected chi connectivity index (χ2v) is 5.02. The van der Waals surface area contributed by atoms with Gasteiger partial charge in [0.1, 0.15) is 5.75 Å². The van der Waals surface area contributed by atoms with Crippen LogP contribution in [0.5, 0.6) is 5.75 Å². The molecule has 0 radical (unpaired) electrons. The van der Waals surface area contributed by atoms with E-state index in [0.717, 1.165) is 22.6 Å². The van der Waals surface area contributed by atoms with E-state index in [1.165, 1.54) is 0 Å². The van der Waals surface area contributed by atoms with E-state index in [1.807, 2.05) is 36.9 Å². The first kappa shape index (κ1) is 11.4. The molecular formula is C12H18OS. The molecule has 1 rings (SSSR count). The van der Waals surface area contributed by atoms with Crippen molar-refractivity contribution in [2.45, 2.75) is 26.5 Å². The molecule has 0 fully saturated rings. The number of benzene rings is 1. The Hall–Kier alpha value is -0.630. The molecule has 0 heterocycles. The number of thioether (sulfide) groups is 1. The SMILES string of the molecule is Cc1cccc(CSCC(C)C)c1O. The van der Waals surface area contributed by atoms with Gasteiger partial charge >= 0.3 is 0 Å². The van der Waals surface area contributed by atoms with E-state index >= 15 is 0 Å². The third-order valence-corrected chi connectivity index (χ3v) is 3.45. The fourth-order valence-corrected chi connectivity index (χ4v) is 2.28. The van der Waals surface area contributed by atoms with E-state index in [4.69, 9.17) is 0 Å². The summed E-state index contributed by atoms with van der Waals surface area (Å²) >= 11 is 1.88. The monoisotopic (exact) mass is 210 g/mol. The van der Waals surface area contributed by atoms with Crippen LogP contribution >= 0.6 is 11.8 Å². The number of aromatic hydroxyl groups is 1. The summed E-state index contributed by atoms with van der Waals surface area (Å²) in [5.74, 6) is 3.23. The molecule has 1 nitrogen and oxygen atoms in total. The Morgan fingerprint density at radius 3 is 2.71 bits per heavy atom. The highest BCUT2D eigenvalue weighted by atomic mass is 32.2. The summed E-state index contributed by atoms with van der Waals surface area (Å²) in [5, 5.41) is 9.75. The summed E-state index contributed by atoms with van der Waals surface area (Å²) in [6, 6.07) is 5.93. The molecular weight excluding hydrogens is 192 g/mol. The molecule has 0 atom stereocenters. The standard InChI is InChI=1S/C12H18OS/c1-9(2)7-14-8-11-6-4-5-10(3)12(11)13/h4-6,9,13H,7-8H2,1-3H3. The van der Waals surface area contributed by atoms with Crippen LogP contribution in [0.1, 0.15) is 25.0 Å². The first-order valence-corrected chi connectivity index (χ1v) is 6.12. The van der Waals surface area contributed by atoms with Gasteiger partial charge in [-0.3, -0.25) is 0 Å². The quantitative estimate of drug-likeness (QED) is 0.819. The van der Waals surface area contributed by atoms with Crippen LogP contribution in [0.2, 0.25) is 0 Å². The van der Waals surface area contributed by atoms with E-state index < -0.39 is 0 Å². The maximum absolute atomic E-state index is 9.75. The molecule has 0 saturated heterocycles. The third-order valence-electron chi connectivity index (χ3n) is 2.03. The summed E-state index contributed by atoms with van der Waals surface area (Å²) in [6.07, 6.45) is 0. The summed E-state index contributed by atoms with van der Waals surface area (Å²) in [4.78, 5) is 0. The summed E-state index contributed by atoms with van der Waals surface area (Å²) < 4.78 is 0. The maximum Gasteiger partial charge on any atom is 0.122 e. The van der Waals surface area contributed by atoms with Crippen molar-refractivity contribution in [2.75, 3.05) is 5.75 Å². The number of para-hydroxylation sites is 1. The van der Waals surface area contributed by atoms with Gasteiger partial charge in [-0.2, -0.15) is 11.8 Å². The Bertz CT molecular complexity index is 294. The molecule has 78 valence electrons. The average Bonchev–Trinajstić information content (AvgIpc) is 2.12. The molecule has 0 spiro atoms. The van der Waals surface area contributed by atoms with Crippen LogP contribution in [0.25, 0.3) is 0 Å². The minimum absolute atomic E-state index is 0.462. The molecule has 0 aliphatic heterocycles. The zero-order valence-electron chi connectivity index (χ0n) is 9.08. The molecule has 1 N–H and O–H groups in total. The number of rotatable bonds is 4. The Balaban J connectivity index is 2.54. The van der Waals surface area contributed by atoms with Crippen molar-refractivity contribution < 1.29 is 5.11 Å². The fraction of sp³-hybridized carbons (Fsp3) is 0.500. The van der Waals surface area contributed by atoms with Crippen molar-refractivity contribution in [3.8, 4) is 5.75 Å². The first-order valence-electron chi connectivity index (χ1n) is 4.96. The van der Waals surface area contributed by atoms with Gasteiger partial charge < -0.3 is 5.11 Å². The van der Waals surface area contributed by atoms with Crippen LogP contribution < -0.4 is 0 Å². The number of phenols is 1. The third kappa shape index (κ3) is 3.26. The van der Waals surface area contributed by atoms with Crippen molar-refractivity contribution >= 4 is 11.8 Å². The summed E-state index contributed by atoms with van der Waals surface area (Å²) in [5.41, 5.74) is 2.02. The van der Waals surface area contributed by atoms with Crippen LogP contribution in [0.3, 0.4) is 0 Å². The van der Waals surface area contributed by atoms with Crippen molar-refractivity contribution in [3.05, 3.63) is 29.3 Å². The highest BCUT2D eigenvalue weighted by Gasteiger charge is 2.03. The Labute approximate surface area is 90.5 Å². The number of hydrogen-bond acceptors (Lipinski definition) is 2. The molecule has 2 heteroatoms. The first-order chi connectivity index (χ1) is 6.61. The van der Waals surface area contributed by atoms with E-state index in [1.54, 1.807) is 0 Å². The molecule has 0 aliphatic rings.